The Bertz CT molecular complexity index is 1130. The molecule has 0 bridgehead atoms. The van der Waals surface area contributed by atoms with Gasteiger partial charge in [0.1, 0.15) is 18.2 Å². The second kappa shape index (κ2) is 8.55. The number of nitrogens with zero attached hydrogens (tertiary/aromatic N) is 5. The number of aromatic nitrogens is 3. The minimum absolute atomic E-state index is 0.0233. The maximum absolute atomic E-state index is 13.7. The first-order chi connectivity index (χ1) is 15.6. The summed E-state index contributed by atoms with van der Waals surface area (Å²) in [6.07, 6.45) is 1.46. The molecule has 0 radical (unpaired) electrons. The summed E-state index contributed by atoms with van der Waals surface area (Å²) in [5.41, 5.74) is 3.44. The maximum Gasteiger partial charge on any atom is 0.254 e. The molecule has 1 amide bonds. The van der Waals surface area contributed by atoms with Gasteiger partial charge in [-0.1, -0.05) is 42.5 Å². The molecule has 0 unspecified atom stereocenters. The first-order valence-electron chi connectivity index (χ1n) is 10.8. The van der Waals surface area contributed by atoms with Crippen molar-refractivity contribution in [2.75, 3.05) is 31.5 Å². The number of nitrogens with one attached hydrogen (secondary N) is 1. The summed E-state index contributed by atoms with van der Waals surface area (Å²) in [5.74, 6) is 0.232. The van der Waals surface area contributed by atoms with Gasteiger partial charge in [-0.3, -0.25) is 9.69 Å². The highest BCUT2D eigenvalue weighted by molar-refractivity contribution is 5.96. The summed E-state index contributed by atoms with van der Waals surface area (Å²) >= 11 is 0. The van der Waals surface area contributed by atoms with Crippen LogP contribution in [-0.4, -0.2) is 56.7 Å². The molecule has 1 fully saturated rings. The van der Waals surface area contributed by atoms with Crippen molar-refractivity contribution < 1.29 is 9.18 Å². The van der Waals surface area contributed by atoms with Gasteiger partial charge < -0.3 is 10.2 Å². The molecule has 2 aliphatic heterocycles. The highest BCUT2D eigenvalue weighted by atomic mass is 19.1. The third-order valence-electron chi connectivity index (χ3n) is 6.12. The summed E-state index contributed by atoms with van der Waals surface area (Å²) < 4.78 is 15.3. The van der Waals surface area contributed by atoms with E-state index >= 15 is 0 Å². The van der Waals surface area contributed by atoms with Crippen molar-refractivity contribution in [2.45, 2.75) is 19.5 Å². The molecule has 1 atom stereocenters. The van der Waals surface area contributed by atoms with Gasteiger partial charge in [-0.05, 0) is 30.2 Å². The third-order valence-corrected chi connectivity index (χ3v) is 6.12. The number of hydrogen-bond donors (Lipinski definition) is 1. The second-order valence-electron chi connectivity index (χ2n) is 8.20. The van der Waals surface area contributed by atoms with Crippen molar-refractivity contribution in [1.82, 2.24) is 24.6 Å². The Morgan fingerprint density at radius 1 is 1.06 bits per heavy atom. The molecule has 0 saturated carbocycles. The van der Waals surface area contributed by atoms with Gasteiger partial charge in [0.25, 0.3) is 5.91 Å². The van der Waals surface area contributed by atoms with E-state index in [4.69, 9.17) is 0 Å². The van der Waals surface area contributed by atoms with Crippen LogP contribution in [0.25, 0.3) is 0 Å². The number of allylic oxidation sites excluding steroid dienone is 1. The summed E-state index contributed by atoms with van der Waals surface area (Å²) in [5, 5.41) is 7.54. The molecule has 0 spiro atoms. The van der Waals surface area contributed by atoms with E-state index in [1.807, 2.05) is 17.9 Å². The van der Waals surface area contributed by atoms with Crippen molar-refractivity contribution in [3.05, 3.63) is 89.1 Å². The molecule has 2 aliphatic rings. The Labute approximate surface area is 186 Å². The quantitative estimate of drug-likeness (QED) is 0.687. The highest BCUT2D eigenvalue weighted by Gasteiger charge is 2.36. The normalized spacial score (nSPS) is 18.9. The van der Waals surface area contributed by atoms with Crippen LogP contribution in [0.2, 0.25) is 0 Å². The van der Waals surface area contributed by atoms with E-state index in [1.165, 1.54) is 24.0 Å². The van der Waals surface area contributed by atoms with Crippen molar-refractivity contribution in [2.24, 2.45) is 0 Å². The molecule has 7 nitrogen and oxygen atoms in total. The van der Waals surface area contributed by atoms with Crippen LogP contribution in [0.15, 0.2) is 72.2 Å². The second-order valence-corrected chi connectivity index (χ2v) is 8.20. The van der Waals surface area contributed by atoms with E-state index in [9.17, 15) is 9.18 Å². The fraction of sp³-hybridized carbons (Fsp3) is 0.292. The topological polar surface area (TPSA) is 66.3 Å². The van der Waals surface area contributed by atoms with Crippen molar-refractivity contribution in [3.63, 3.8) is 0 Å². The van der Waals surface area contributed by atoms with Crippen LogP contribution in [-0.2, 0) is 11.3 Å². The molecule has 1 N–H and O–H groups in total. The fourth-order valence-corrected chi connectivity index (χ4v) is 4.44. The number of benzene rings is 2. The molecule has 1 aromatic heterocycles. The van der Waals surface area contributed by atoms with Gasteiger partial charge in [0.15, 0.2) is 0 Å². The molecule has 1 saturated heterocycles. The number of fused-ring (bicyclic) bond motifs is 1. The van der Waals surface area contributed by atoms with Crippen LogP contribution in [0.5, 0.6) is 0 Å². The first-order valence-corrected chi connectivity index (χ1v) is 10.8. The lowest BCUT2D eigenvalue weighted by Crippen LogP contribution is -2.50. The SMILES string of the molecule is CC1=C(C(=O)N2CCN(Cc3ccccc3)CC2)[C@@H](c2ccc(F)cc2)n2ncnc2N1. The predicted molar refractivity (Wildman–Crippen MR) is 119 cm³/mol. The zero-order valence-corrected chi connectivity index (χ0v) is 17.9. The fourth-order valence-electron chi connectivity index (χ4n) is 4.44. The minimum Gasteiger partial charge on any atom is -0.336 e. The molecule has 164 valence electrons. The molecule has 0 aliphatic carbocycles. The van der Waals surface area contributed by atoms with Gasteiger partial charge in [-0.25, -0.2) is 9.07 Å². The van der Waals surface area contributed by atoms with E-state index in [1.54, 1.807) is 16.8 Å². The first kappa shape index (κ1) is 20.4. The van der Waals surface area contributed by atoms with Crippen molar-refractivity contribution in [1.29, 1.82) is 0 Å². The summed E-state index contributed by atoms with van der Waals surface area (Å²) in [6.45, 7) is 5.71. The van der Waals surface area contributed by atoms with E-state index < -0.39 is 6.04 Å². The van der Waals surface area contributed by atoms with Gasteiger partial charge >= 0.3 is 0 Å². The number of halogens is 1. The maximum atomic E-state index is 13.7. The average Bonchev–Trinajstić information content (AvgIpc) is 3.28. The Balaban J connectivity index is 1.36. The molecule has 3 heterocycles. The largest absolute Gasteiger partial charge is 0.336 e. The minimum atomic E-state index is -0.454. The third kappa shape index (κ3) is 3.89. The smallest absolute Gasteiger partial charge is 0.254 e. The Morgan fingerprint density at radius 2 is 1.78 bits per heavy atom. The zero-order valence-electron chi connectivity index (χ0n) is 17.9. The summed E-state index contributed by atoms with van der Waals surface area (Å²) in [7, 11) is 0. The van der Waals surface area contributed by atoms with E-state index in [0.717, 1.165) is 30.9 Å². The molecule has 32 heavy (non-hydrogen) atoms. The Kier molecular flexibility index (Phi) is 5.45. The van der Waals surface area contributed by atoms with Gasteiger partial charge in [0.05, 0.1) is 5.57 Å². The molecular weight excluding hydrogens is 407 g/mol. The van der Waals surface area contributed by atoms with Crippen molar-refractivity contribution in [3.8, 4) is 0 Å². The van der Waals surface area contributed by atoms with Gasteiger partial charge in [-0.2, -0.15) is 10.1 Å². The standard InChI is InChI=1S/C24H25FN6O/c1-17-21(22(19-7-9-20(25)10-8-19)31-24(28-17)26-16-27-31)23(32)30-13-11-29(12-14-30)15-18-5-3-2-4-6-18/h2-10,16,22H,11-15H2,1H3,(H,26,27,28)/t22-/m1/s1. The lowest BCUT2D eigenvalue weighted by Gasteiger charge is -2.37. The van der Waals surface area contributed by atoms with Crippen LogP contribution in [0.3, 0.4) is 0 Å². The van der Waals surface area contributed by atoms with E-state index in [-0.39, 0.29) is 11.7 Å². The molecule has 3 aromatic rings. The average molecular weight is 433 g/mol. The van der Waals surface area contributed by atoms with E-state index in [2.05, 4.69) is 44.6 Å². The summed E-state index contributed by atoms with van der Waals surface area (Å²) in [6, 6.07) is 16.1. The van der Waals surface area contributed by atoms with Gasteiger partial charge in [-0.15, -0.1) is 0 Å². The predicted octanol–water partition coefficient (Wildman–Crippen LogP) is 3.05. The van der Waals surface area contributed by atoms with Crippen LogP contribution in [0.1, 0.15) is 24.1 Å². The van der Waals surface area contributed by atoms with Gasteiger partial charge in [0, 0.05) is 38.4 Å². The van der Waals surface area contributed by atoms with Crippen molar-refractivity contribution >= 4 is 11.9 Å². The number of rotatable bonds is 4. The number of piperazine rings is 1. The summed E-state index contributed by atoms with van der Waals surface area (Å²) in [4.78, 5) is 22.2. The number of carbonyl (C=O) groups is 1. The monoisotopic (exact) mass is 432 g/mol. The molecule has 5 rings (SSSR count). The number of carbonyl (C=O) groups excluding carboxylic acids is 1. The number of anilines is 1. The lowest BCUT2D eigenvalue weighted by molar-refractivity contribution is -0.129. The molecule has 2 aromatic carbocycles. The number of hydrogen-bond acceptors (Lipinski definition) is 5. The van der Waals surface area contributed by atoms with Crippen LogP contribution >= 0.6 is 0 Å². The van der Waals surface area contributed by atoms with Crippen LogP contribution in [0, 0.1) is 5.82 Å². The Hall–Kier alpha value is -3.52. The zero-order chi connectivity index (χ0) is 22.1. The highest BCUT2D eigenvalue weighted by Crippen LogP contribution is 2.35. The van der Waals surface area contributed by atoms with Crippen LogP contribution in [0.4, 0.5) is 10.3 Å². The number of amides is 1. The van der Waals surface area contributed by atoms with Gasteiger partial charge in [0.2, 0.25) is 5.95 Å². The van der Waals surface area contributed by atoms with E-state index in [0.29, 0.717) is 24.6 Å². The molecule has 8 heteroatoms. The van der Waals surface area contributed by atoms with Crippen LogP contribution < -0.4 is 5.32 Å². The Morgan fingerprint density at radius 3 is 2.50 bits per heavy atom. The molecular formula is C24H25FN6O. The lowest BCUT2D eigenvalue weighted by atomic mass is 9.94.